The molecule has 0 aliphatic heterocycles. The first kappa shape index (κ1) is 16.3. The fraction of sp³-hybridized carbons (Fsp3) is 0.0526. The monoisotopic (exact) mass is 335 g/mol. The zero-order valence-corrected chi connectivity index (χ0v) is 13.5. The van der Waals surface area contributed by atoms with Gasteiger partial charge in [0.05, 0.1) is 29.3 Å². The van der Waals surface area contributed by atoms with E-state index in [9.17, 15) is 14.7 Å². The Balaban J connectivity index is 2.17. The average molecular weight is 335 g/mol. The second-order valence-electron chi connectivity index (χ2n) is 5.37. The molecule has 0 spiro atoms. The number of carbonyl (C=O) groups excluding carboxylic acids is 1. The molecule has 0 saturated heterocycles. The minimum atomic E-state index is -1.35. The highest BCUT2D eigenvalue weighted by Gasteiger charge is 2.07. The van der Waals surface area contributed by atoms with Gasteiger partial charge in [-0.3, -0.25) is 9.89 Å². The molecular weight excluding hydrogens is 320 g/mol. The fourth-order valence-corrected chi connectivity index (χ4v) is 2.54. The molecule has 3 aromatic rings. The van der Waals surface area contributed by atoms with E-state index in [0.29, 0.717) is 21.8 Å². The summed E-state index contributed by atoms with van der Waals surface area (Å²) < 4.78 is 6.39. The molecule has 0 aliphatic carbocycles. The Morgan fingerprint density at radius 3 is 2.60 bits per heavy atom. The molecule has 0 atom stereocenters. The number of ether oxygens (including phenoxy) is 1. The summed E-state index contributed by atoms with van der Waals surface area (Å²) in [6.07, 6.45) is 1.58. The predicted molar refractivity (Wildman–Crippen MR) is 92.1 cm³/mol. The van der Waals surface area contributed by atoms with Crippen molar-refractivity contribution in [1.29, 1.82) is 0 Å². The lowest BCUT2D eigenvalue weighted by atomic mass is 10.1. The number of nitrogens with one attached hydrogen (secondary N) is 1. The second-order valence-corrected chi connectivity index (χ2v) is 5.37. The summed E-state index contributed by atoms with van der Waals surface area (Å²) >= 11 is 0. The van der Waals surface area contributed by atoms with Crippen molar-refractivity contribution in [3.8, 4) is 11.4 Å². The number of aromatic amines is 1. The van der Waals surface area contributed by atoms with Crippen LogP contribution in [0.25, 0.3) is 18.3 Å². The molecule has 126 valence electrons. The van der Waals surface area contributed by atoms with Crippen LogP contribution in [-0.4, -0.2) is 22.9 Å². The Hall–Kier alpha value is -3.54. The number of carboxylic acid groups (broad SMARTS) is 1. The minimum Gasteiger partial charge on any atom is -0.545 e. The molecule has 25 heavy (non-hydrogen) atoms. The van der Waals surface area contributed by atoms with Crippen LogP contribution in [0.2, 0.25) is 0 Å². The zero-order valence-electron chi connectivity index (χ0n) is 13.5. The van der Waals surface area contributed by atoms with Gasteiger partial charge in [-0.05, 0) is 35.9 Å². The summed E-state index contributed by atoms with van der Waals surface area (Å²) in [4.78, 5) is 23.9. The van der Waals surface area contributed by atoms with E-state index in [2.05, 4.69) is 11.7 Å². The summed E-state index contributed by atoms with van der Waals surface area (Å²) in [7, 11) is 1.38. The van der Waals surface area contributed by atoms with E-state index in [1.165, 1.54) is 23.9 Å². The van der Waals surface area contributed by atoms with E-state index in [-0.39, 0.29) is 16.9 Å². The molecule has 6 nitrogen and oxygen atoms in total. The highest BCUT2D eigenvalue weighted by molar-refractivity contribution is 5.90. The first-order chi connectivity index (χ1) is 12.0. The Morgan fingerprint density at radius 2 is 1.96 bits per heavy atom. The van der Waals surface area contributed by atoms with E-state index in [4.69, 9.17) is 4.74 Å². The van der Waals surface area contributed by atoms with Gasteiger partial charge in [0.15, 0.2) is 0 Å². The quantitative estimate of drug-likeness (QED) is 0.714. The molecule has 0 fully saturated rings. The predicted octanol–water partition coefficient (Wildman–Crippen LogP) is -0.223. The molecule has 6 heteroatoms. The molecular formula is C19H15N2O4-. The standard InChI is InChI=1S/C19H16N2O4/c1-12-15(18(22)21(20-12)14-6-4-3-5-7-14)10-13-8-9-17(25-2)16(11-13)19(23)24/h3-11,20H,1H2,2H3,(H,23,24)/p-1/b15-10+. The van der Waals surface area contributed by atoms with Gasteiger partial charge in [-0.2, -0.15) is 0 Å². The fourth-order valence-electron chi connectivity index (χ4n) is 2.54. The first-order valence-corrected chi connectivity index (χ1v) is 7.48. The van der Waals surface area contributed by atoms with E-state index in [1.54, 1.807) is 24.3 Å². The largest absolute Gasteiger partial charge is 0.545 e. The van der Waals surface area contributed by atoms with Gasteiger partial charge in [0.1, 0.15) is 5.75 Å². The molecule has 0 radical (unpaired) electrons. The van der Waals surface area contributed by atoms with Crippen LogP contribution < -0.4 is 26.0 Å². The SMILES string of the molecule is C=c1[nH]n(-c2ccccc2)c(=O)/c1=C/c1ccc(OC)c(C(=O)[O-])c1. The minimum absolute atomic E-state index is 0.0826. The number of carbonyl (C=O) groups is 1. The molecule has 0 bridgehead atoms. The number of para-hydroxylation sites is 1. The Morgan fingerprint density at radius 1 is 1.24 bits per heavy atom. The van der Waals surface area contributed by atoms with Crippen molar-refractivity contribution in [3.63, 3.8) is 0 Å². The summed E-state index contributed by atoms with van der Waals surface area (Å²) in [5, 5.41) is 14.9. The van der Waals surface area contributed by atoms with E-state index >= 15 is 0 Å². The molecule has 3 rings (SSSR count). The number of hydrogen-bond acceptors (Lipinski definition) is 4. The first-order valence-electron chi connectivity index (χ1n) is 7.48. The van der Waals surface area contributed by atoms with Crippen LogP contribution in [0, 0.1) is 0 Å². The maximum absolute atomic E-state index is 12.6. The van der Waals surface area contributed by atoms with Crippen LogP contribution in [0.4, 0.5) is 0 Å². The Kier molecular flexibility index (Phi) is 4.26. The Labute approximate surface area is 142 Å². The Bertz CT molecular complexity index is 1090. The number of methoxy groups -OCH3 is 1. The van der Waals surface area contributed by atoms with E-state index < -0.39 is 5.97 Å². The van der Waals surface area contributed by atoms with Gasteiger partial charge in [0.25, 0.3) is 5.56 Å². The number of aromatic nitrogens is 2. The van der Waals surface area contributed by atoms with Crippen LogP contribution in [0.5, 0.6) is 5.75 Å². The van der Waals surface area contributed by atoms with Crippen molar-refractivity contribution in [2.45, 2.75) is 0 Å². The summed E-state index contributed by atoms with van der Waals surface area (Å²) in [5.41, 5.74) is 0.853. The van der Waals surface area contributed by atoms with Crippen LogP contribution >= 0.6 is 0 Å². The lowest BCUT2D eigenvalue weighted by Crippen LogP contribution is -2.34. The van der Waals surface area contributed by atoms with Crippen molar-refractivity contribution in [1.82, 2.24) is 9.78 Å². The summed E-state index contributed by atoms with van der Waals surface area (Å²) in [5.74, 6) is -1.15. The third-order valence-electron chi connectivity index (χ3n) is 3.77. The van der Waals surface area contributed by atoms with Crippen molar-refractivity contribution < 1.29 is 14.6 Å². The number of nitrogens with zero attached hydrogens (tertiary/aromatic N) is 1. The van der Waals surface area contributed by atoms with Crippen molar-refractivity contribution in [3.05, 3.63) is 80.6 Å². The number of hydrogen-bond donors (Lipinski definition) is 1. The van der Waals surface area contributed by atoms with E-state index in [1.807, 2.05) is 18.2 Å². The second kappa shape index (κ2) is 6.52. The molecule has 1 N–H and O–H groups in total. The number of H-pyrrole nitrogens is 1. The molecule has 0 amide bonds. The molecule has 1 heterocycles. The van der Waals surface area contributed by atoms with Gasteiger partial charge in [0, 0.05) is 5.56 Å². The van der Waals surface area contributed by atoms with Gasteiger partial charge in [-0.15, -0.1) is 0 Å². The van der Waals surface area contributed by atoms with Gasteiger partial charge in [-0.25, -0.2) is 4.68 Å². The molecule has 0 aliphatic rings. The smallest absolute Gasteiger partial charge is 0.279 e. The molecule has 2 aromatic carbocycles. The third-order valence-corrected chi connectivity index (χ3v) is 3.77. The number of rotatable bonds is 4. The normalized spacial score (nSPS) is 11.5. The van der Waals surface area contributed by atoms with Gasteiger partial charge < -0.3 is 14.6 Å². The lowest BCUT2D eigenvalue weighted by molar-refractivity contribution is -0.255. The zero-order chi connectivity index (χ0) is 18.0. The summed E-state index contributed by atoms with van der Waals surface area (Å²) in [6, 6.07) is 13.7. The van der Waals surface area contributed by atoms with Crippen molar-refractivity contribution in [2.75, 3.05) is 7.11 Å². The van der Waals surface area contributed by atoms with Crippen LogP contribution in [0.3, 0.4) is 0 Å². The average Bonchev–Trinajstić information content (AvgIpc) is 2.90. The van der Waals surface area contributed by atoms with Gasteiger partial charge in [-0.1, -0.05) is 30.8 Å². The number of aromatic carboxylic acids is 1. The maximum atomic E-state index is 12.6. The van der Waals surface area contributed by atoms with Gasteiger partial charge >= 0.3 is 0 Å². The number of carboxylic acids is 1. The molecule has 0 unspecified atom stereocenters. The summed E-state index contributed by atoms with van der Waals surface area (Å²) in [6.45, 7) is 3.85. The third kappa shape index (κ3) is 3.10. The van der Waals surface area contributed by atoms with Crippen molar-refractivity contribution >= 4 is 18.6 Å². The van der Waals surface area contributed by atoms with Crippen LogP contribution in [0.1, 0.15) is 15.9 Å². The topological polar surface area (TPSA) is 87.2 Å². The highest BCUT2D eigenvalue weighted by atomic mass is 16.5. The molecule has 1 aromatic heterocycles. The highest BCUT2D eigenvalue weighted by Crippen LogP contribution is 2.19. The lowest BCUT2D eigenvalue weighted by Gasteiger charge is -2.09. The van der Waals surface area contributed by atoms with Crippen molar-refractivity contribution in [2.24, 2.45) is 0 Å². The van der Waals surface area contributed by atoms with E-state index in [0.717, 1.165) is 0 Å². The van der Waals surface area contributed by atoms with Gasteiger partial charge in [0.2, 0.25) is 0 Å². The van der Waals surface area contributed by atoms with Crippen LogP contribution in [0.15, 0.2) is 53.3 Å². The number of benzene rings is 2. The van der Waals surface area contributed by atoms with Crippen LogP contribution in [-0.2, 0) is 0 Å². The maximum Gasteiger partial charge on any atom is 0.279 e. The molecule has 0 saturated carbocycles.